The first-order chi connectivity index (χ1) is 16.3. The minimum Gasteiger partial charge on any atom is -0.497 e. The molecule has 3 aromatic rings. The summed E-state index contributed by atoms with van der Waals surface area (Å²) in [5.74, 6) is 0.759. The zero-order chi connectivity index (χ0) is 24.7. The minimum absolute atomic E-state index is 0.141. The van der Waals surface area contributed by atoms with Crippen LogP contribution >= 0.6 is 0 Å². The Bertz CT molecular complexity index is 1150. The van der Waals surface area contributed by atoms with E-state index in [0.717, 1.165) is 16.9 Å². The van der Waals surface area contributed by atoms with E-state index in [2.05, 4.69) is 15.6 Å². The Morgan fingerprint density at radius 3 is 2.62 bits per heavy atom. The van der Waals surface area contributed by atoms with Crippen LogP contribution in [0.3, 0.4) is 0 Å². The van der Waals surface area contributed by atoms with Gasteiger partial charge in [-0.1, -0.05) is 12.1 Å². The predicted octanol–water partition coefficient (Wildman–Crippen LogP) is 2.66. The number of nitrogens with two attached hydrogens (primary N) is 1. The number of ether oxygens (including phenoxy) is 1. The predicted molar refractivity (Wildman–Crippen MR) is 129 cm³/mol. The zero-order valence-electron chi connectivity index (χ0n) is 19.0. The molecule has 0 saturated carbocycles. The van der Waals surface area contributed by atoms with Gasteiger partial charge >= 0.3 is 5.69 Å². The highest BCUT2D eigenvalue weighted by Crippen LogP contribution is 2.27. The summed E-state index contributed by atoms with van der Waals surface area (Å²) in [4.78, 5) is 27.1. The lowest BCUT2D eigenvalue weighted by Gasteiger charge is -2.11. The van der Waals surface area contributed by atoms with Crippen LogP contribution in [0.1, 0.15) is 23.7 Å². The molecule has 5 N–H and O–H groups in total. The lowest BCUT2D eigenvalue weighted by Crippen LogP contribution is -2.35. The molecule has 2 aromatic heterocycles. The number of carbonyl (C=O) groups excluding carboxylic acids is 1. The van der Waals surface area contributed by atoms with Crippen molar-refractivity contribution < 1.29 is 19.6 Å². The molecular formula is C23H28N6O5. The molecule has 0 bridgehead atoms. The lowest BCUT2D eigenvalue weighted by molar-refractivity contribution is -0.384. The Morgan fingerprint density at radius 1 is 1.26 bits per heavy atom. The van der Waals surface area contributed by atoms with Gasteiger partial charge in [0.15, 0.2) is 0 Å². The van der Waals surface area contributed by atoms with Crippen LogP contribution in [-0.2, 0) is 6.54 Å². The fourth-order valence-corrected chi connectivity index (χ4v) is 3.36. The van der Waals surface area contributed by atoms with Crippen LogP contribution in [0, 0.1) is 10.1 Å². The highest BCUT2D eigenvalue weighted by molar-refractivity contribution is 6.01. The summed E-state index contributed by atoms with van der Waals surface area (Å²) in [7, 11) is 1.59. The van der Waals surface area contributed by atoms with E-state index in [0.29, 0.717) is 30.9 Å². The first-order valence-corrected chi connectivity index (χ1v) is 10.7. The highest BCUT2D eigenvalue weighted by Gasteiger charge is 2.18. The molecule has 0 aliphatic rings. The summed E-state index contributed by atoms with van der Waals surface area (Å²) in [6.45, 7) is 2.73. The second kappa shape index (κ2) is 11.1. The summed E-state index contributed by atoms with van der Waals surface area (Å²) >= 11 is 0. The smallest absolute Gasteiger partial charge is 0.311 e. The van der Waals surface area contributed by atoms with Gasteiger partial charge in [-0.2, -0.15) is 0 Å². The Hall–Kier alpha value is -4.12. The van der Waals surface area contributed by atoms with Gasteiger partial charge in [-0.05, 0) is 37.1 Å². The maximum atomic E-state index is 12.8. The number of rotatable bonds is 11. The minimum atomic E-state index is -0.576. The number of nitrogens with zero attached hydrogens (tertiary/aromatic N) is 3. The number of carbonyl (C=O) groups is 1. The Balaban J connectivity index is 1.70. The molecule has 11 nitrogen and oxygen atoms in total. The normalized spacial score (nSPS) is 11.6. The molecule has 0 aliphatic carbocycles. The largest absolute Gasteiger partial charge is 0.497 e. The monoisotopic (exact) mass is 468 g/mol. The number of hydrogen-bond acceptors (Lipinski definition) is 8. The van der Waals surface area contributed by atoms with E-state index in [-0.39, 0.29) is 30.1 Å². The molecule has 0 unspecified atom stereocenters. The number of aliphatic hydroxyl groups is 1. The first-order valence-electron chi connectivity index (χ1n) is 10.7. The van der Waals surface area contributed by atoms with Gasteiger partial charge in [0.1, 0.15) is 11.6 Å². The Kier molecular flexibility index (Phi) is 8.04. The number of nitro groups is 1. The SMILES string of the molecule is COc1ccc(-c2cn(CCCNc3ccc([N+](=O)[O-])c(N)n3)cc2C(=O)N[C@H](C)CO)cc1. The molecule has 0 fully saturated rings. The van der Waals surface area contributed by atoms with Crippen molar-refractivity contribution in [1.29, 1.82) is 0 Å². The standard InChI is InChI=1S/C23H28N6O5/c1-15(14-30)26-23(31)19-13-28(12-18(19)16-4-6-17(34-2)7-5-16)11-3-10-25-21-9-8-20(29(32)33)22(24)27-21/h4-9,12-13,15,30H,3,10-11,14H2,1-2H3,(H,26,31)(H3,24,25,27)/t15-/m1/s1. The summed E-state index contributed by atoms with van der Waals surface area (Å²) < 4.78 is 7.15. The van der Waals surface area contributed by atoms with E-state index < -0.39 is 4.92 Å². The van der Waals surface area contributed by atoms with Gasteiger partial charge in [-0.3, -0.25) is 14.9 Å². The molecular weight excluding hydrogens is 440 g/mol. The molecule has 0 aliphatic heterocycles. The van der Waals surface area contributed by atoms with Gasteiger partial charge in [0.2, 0.25) is 5.82 Å². The Morgan fingerprint density at radius 2 is 2.00 bits per heavy atom. The van der Waals surface area contributed by atoms with E-state index in [1.807, 2.05) is 35.0 Å². The second-order valence-electron chi connectivity index (χ2n) is 7.75. The van der Waals surface area contributed by atoms with Crippen LogP contribution in [-0.4, -0.2) is 51.8 Å². The summed E-state index contributed by atoms with van der Waals surface area (Å²) in [6.07, 6.45) is 4.38. The highest BCUT2D eigenvalue weighted by atomic mass is 16.6. The van der Waals surface area contributed by atoms with Crippen LogP contribution in [0.15, 0.2) is 48.8 Å². The molecule has 0 spiro atoms. The zero-order valence-corrected chi connectivity index (χ0v) is 19.0. The lowest BCUT2D eigenvalue weighted by atomic mass is 10.0. The number of nitrogen functional groups attached to an aromatic ring is 1. The summed E-state index contributed by atoms with van der Waals surface area (Å²) in [5, 5.41) is 26.0. The average Bonchev–Trinajstić information content (AvgIpc) is 3.26. The van der Waals surface area contributed by atoms with Crippen molar-refractivity contribution in [3.05, 3.63) is 64.5 Å². The Labute approximate surface area is 196 Å². The van der Waals surface area contributed by atoms with Crippen LogP contribution in [0.2, 0.25) is 0 Å². The van der Waals surface area contributed by atoms with Gasteiger partial charge in [-0.15, -0.1) is 0 Å². The van der Waals surface area contributed by atoms with Gasteiger partial charge < -0.3 is 30.8 Å². The van der Waals surface area contributed by atoms with Crippen LogP contribution in [0.25, 0.3) is 11.1 Å². The number of amides is 1. The topological polar surface area (TPSA) is 158 Å². The quantitative estimate of drug-likeness (QED) is 0.190. The molecule has 1 aromatic carbocycles. The number of methoxy groups -OCH3 is 1. The number of hydrogen-bond donors (Lipinski definition) is 4. The molecule has 11 heteroatoms. The van der Waals surface area contributed by atoms with Gasteiger partial charge in [0.05, 0.1) is 24.2 Å². The average molecular weight is 469 g/mol. The maximum Gasteiger partial charge on any atom is 0.311 e. The van der Waals surface area contributed by atoms with Gasteiger partial charge in [0.25, 0.3) is 5.91 Å². The molecule has 1 amide bonds. The molecule has 0 saturated heterocycles. The van der Waals surface area contributed by atoms with E-state index in [1.165, 1.54) is 12.1 Å². The van der Waals surface area contributed by atoms with Crippen molar-refractivity contribution in [1.82, 2.24) is 14.9 Å². The fourth-order valence-electron chi connectivity index (χ4n) is 3.36. The summed E-state index contributed by atoms with van der Waals surface area (Å²) in [6, 6.07) is 9.89. The fraction of sp³-hybridized carbons (Fsp3) is 0.304. The number of nitrogens with one attached hydrogen (secondary N) is 2. The third-order valence-electron chi connectivity index (χ3n) is 5.18. The molecule has 2 heterocycles. The first kappa shape index (κ1) is 24.5. The number of aliphatic hydroxyl groups excluding tert-OH is 1. The van der Waals surface area contributed by atoms with Crippen molar-refractivity contribution in [2.75, 3.05) is 31.3 Å². The molecule has 3 rings (SSSR count). The third kappa shape index (κ3) is 6.01. The number of aryl methyl sites for hydroxylation is 1. The van der Waals surface area contributed by atoms with Crippen molar-refractivity contribution in [2.24, 2.45) is 0 Å². The van der Waals surface area contributed by atoms with E-state index in [4.69, 9.17) is 10.5 Å². The maximum absolute atomic E-state index is 12.8. The van der Waals surface area contributed by atoms with Gasteiger partial charge in [-0.25, -0.2) is 4.98 Å². The van der Waals surface area contributed by atoms with Crippen LogP contribution in [0.5, 0.6) is 5.75 Å². The van der Waals surface area contributed by atoms with Crippen molar-refractivity contribution in [3.63, 3.8) is 0 Å². The van der Waals surface area contributed by atoms with Crippen molar-refractivity contribution in [2.45, 2.75) is 25.9 Å². The van der Waals surface area contributed by atoms with E-state index >= 15 is 0 Å². The molecule has 180 valence electrons. The van der Waals surface area contributed by atoms with Crippen LogP contribution < -0.4 is 21.1 Å². The van der Waals surface area contributed by atoms with Crippen molar-refractivity contribution in [3.8, 4) is 16.9 Å². The van der Waals surface area contributed by atoms with E-state index in [9.17, 15) is 20.0 Å². The van der Waals surface area contributed by atoms with Gasteiger partial charge in [0, 0.05) is 43.2 Å². The molecule has 1 atom stereocenters. The van der Waals surface area contributed by atoms with Crippen molar-refractivity contribution >= 4 is 23.2 Å². The third-order valence-corrected chi connectivity index (χ3v) is 5.18. The number of benzene rings is 1. The number of pyridine rings is 1. The second-order valence-corrected chi connectivity index (χ2v) is 7.75. The van der Waals surface area contributed by atoms with Crippen LogP contribution in [0.4, 0.5) is 17.3 Å². The molecule has 0 radical (unpaired) electrons. The number of aromatic nitrogens is 2. The molecule has 34 heavy (non-hydrogen) atoms. The number of anilines is 2. The van der Waals surface area contributed by atoms with E-state index in [1.54, 1.807) is 20.2 Å². The summed E-state index contributed by atoms with van der Waals surface area (Å²) in [5.41, 5.74) is 7.53.